The lowest BCUT2D eigenvalue weighted by molar-refractivity contribution is 0.102. The minimum atomic E-state index is -0.174. The summed E-state index contributed by atoms with van der Waals surface area (Å²) in [5.74, 6) is 1.14. The standard InChI is InChI=1S/C24H21N3O2/c1-17-10-6-7-13-19(17)24(28)25-23-16-21(20-14-8-9-15-22(20)29-2)26-27(23)18-11-4-3-5-12-18/h3-16H,1-2H3,(H,25,28). The maximum absolute atomic E-state index is 12.9. The van der Waals surface area contributed by atoms with Gasteiger partial charge in [-0.2, -0.15) is 5.10 Å². The Labute approximate surface area is 169 Å². The van der Waals surface area contributed by atoms with Crippen molar-refractivity contribution >= 4 is 11.7 Å². The first-order chi connectivity index (χ1) is 14.2. The second kappa shape index (κ2) is 8.02. The van der Waals surface area contributed by atoms with Crippen molar-refractivity contribution in [3.8, 4) is 22.7 Å². The van der Waals surface area contributed by atoms with Crippen molar-refractivity contribution in [1.82, 2.24) is 9.78 Å². The third-order valence-corrected chi connectivity index (χ3v) is 4.72. The summed E-state index contributed by atoms with van der Waals surface area (Å²) in [6, 6.07) is 26.8. The molecule has 1 N–H and O–H groups in total. The minimum Gasteiger partial charge on any atom is -0.496 e. The van der Waals surface area contributed by atoms with Crippen molar-refractivity contribution in [3.05, 3.63) is 96.1 Å². The van der Waals surface area contributed by atoms with Crippen LogP contribution in [0.1, 0.15) is 15.9 Å². The van der Waals surface area contributed by atoms with Crippen molar-refractivity contribution in [2.45, 2.75) is 6.92 Å². The van der Waals surface area contributed by atoms with E-state index in [1.54, 1.807) is 11.8 Å². The summed E-state index contributed by atoms with van der Waals surface area (Å²) in [5, 5.41) is 7.76. The quantitative estimate of drug-likeness (QED) is 0.521. The lowest BCUT2D eigenvalue weighted by atomic mass is 10.1. The zero-order valence-electron chi connectivity index (χ0n) is 16.3. The van der Waals surface area contributed by atoms with Crippen LogP contribution in [0.2, 0.25) is 0 Å². The third kappa shape index (κ3) is 3.75. The summed E-state index contributed by atoms with van der Waals surface area (Å²) < 4.78 is 7.22. The molecule has 4 aromatic rings. The second-order valence-corrected chi connectivity index (χ2v) is 6.63. The van der Waals surface area contributed by atoms with Gasteiger partial charge in [0.2, 0.25) is 0 Å². The van der Waals surface area contributed by atoms with Crippen molar-refractivity contribution in [2.75, 3.05) is 12.4 Å². The van der Waals surface area contributed by atoms with Crippen LogP contribution in [0.25, 0.3) is 16.9 Å². The van der Waals surface area contributed by atoms with Crippen molar-refractivity contribution < 1.29 is 9.53 Å². The number of anilines is 1. The summed E-state index contributed by atoms with van der Waals surface area (Å²) >= 11 is 0. The van der Waals surface area contributed by atoms with Gasteiger partial charge in [-0.25, -0.2) is 4.68 Å². The van der Waals surface area contributed by atoms with Gasteiger partial charge >= 0.3 is 0 Å². The minimum absolute atomic E-state index is 0.174. The highest BCUT2D eigenvalue weighted by atomic mass is 16.5. The van der Waals surface area contributed by atoms with Gasteiger partial charge in [0, 0.05) is 17.2 Å². The number of benzene rings is 3. The Kier molecular flexibility index (Phi) is 5.12. The van der Waals surface area contributed by atoms with E-state index in [1.807, 2.05) is 91.9 Å². The van der Waals surface area contributed by atoms with Crippen LogP contribution in [0.5, 0.6) is 5.75 Å². The highest BCUT2D eigenvalue weighted by molar-refractivity contribution is 6.05. The lowest BCUT2D eigenvalue weighted by Gasteiger charge is -2.10. The Morgan fingerprint density at radius 1 is 0.931 bits per heavy atom. The number of nitrogens with one attached hydrogen (secondary N) is 1. The number of nitrogens with zero attached hydrogens (tertiary/aromatic N) is 2. The summed E-state index contributed by atoms with van der Waals surface area (Å²) in [6.45, 7) is 1.92. The molecule has 0 saturated carbocycles. The van der Waals surface area contributed by atoms with E-state index in [9.17, 15) is 4.79 Å². The van der Waals surface area contributed by atoms with E-state index in [0.29, 0.717) is 17.1 Å². The zero-order chi connectivity index (χ0) is 20.2. The van der Waals surface area contributed by atoms with Gasteiger partial charge < -0.3 is 10.1 Å². The average Bonchev–Trinajstić information content (AvgIpc) is 3.18. The first kappa shape index (κ1) is 18.5. The number of aryl methyl sites for hydroxylation is 1. The van der Waals surface area contributed by atoms with Crippen LogP contribution < -0.4 is 10.1 Å². The maximum atomic E-state index is 12.9. The summed E-state index contributed by atoms with van der Waals surface area (Å²) in [5.41, 5.74) is 3.98. The van der Waals surface area contributed by atoms with Gasteiger partial charge in [0.1, 0.15) is 11.6 Å². The van der Waals surface area contributed by atoms with Crippen LogP contribution >= 0.6 is 0 Å². The predicted octanol–water partition coefficient (Wildman–Crippen LogP) is 5.11. The molecule has 1 heterocycles. The van der Waals surface area contributed by atoms with Gasteiger partial charge in [-0.05, 0) is 42.8 Å². The highest BCUT2D eigenvalue weighted by Crippen LogP contribution is 2.31. The molecule has 0 bridgehead atoms. The Bertz CT molecular complexity index is 1150. The van der Waals surface area contributed by atoms with Crippen LogP contribution in [0.4, 0.5) is 5.82 Å². The number of amides is 1. The van der Waals surface area contributed by atoms with E-state index in [4.69, 9.17) is 9.84 Å². The fourth-order valence-corrected chi connectivity index (χ4v) is 3.24. The molecule has 0 atom stereocenters. The van der Waals surface area contributed by atoms with Crippen molar-refractivity contribution in [1.29, 1.82) is 0 Å². The van der Waals surface area contributed by atoms with Crippen LogP contribution in [-0.4, -0.2) is 22.8 Å². The number of carbonyl (C=O) groups excluding carboxylic acids is 1. The van der Waals surface area contributed by atoms with Gasteiger partial charge in [0.05, 0.1) is 18.5 Å². The lowest BCUT2D eigenvalue weighted by Crippen LogP contribution is -2.16. The molecule has 5 nitrogen and oxygen atoms in total. The van der Waals surface area contributed by atoms with E-state index < -0.39 is 0 Å². The Balaban J connectivity index is 1.79. The molecule has 4 rings (SSSR count). The van der Waals surface area contributed by atoms with Crippen molar-refractivity contribution in [3.63, 3.8) is 0 Å². The van der Waals surface area contributed by atoms with Crippen LogP contribution in [-0.2, 0) is 0 Å². The van der Waals surface area contributed by atoms with Crippen LogP contribution in [0.15, 0.2) is 84.9 Å². The van der Waals surface area contributed by atoms with Crippen molar-refractivity contribution in [2.24, 2.45) is 0 Å². The molecule has 0 unspecified atom stereocenters. The van der Waals surface area contributed by atoms with Gasteiger partial charge in [-0.15, -0.1) is 0 Å². The molecule has 29 heavy (non-hydrogen) atoms. The average molecular weight is 383 g/mol. The van der Waals surface area contributed by atoms with Crippen LogP contribution in [0, 0.1) is 6.92 Å². The number of carbonyl (C=O) groups is 1. The number of hydrogen-bond donors (Lipinski definition) is 1. The topological polar surface area (TPSA) is 56.1 Å². The summed E-state index contributed by atoms with van der Waals surface area (Å²) in [4.78, 5) is 12.9. The molecule has 0 fully saturated rings. The molecule has 0 radical (unpaired) electrons. The van der Waals surface area contributed by atoms with E-state index in [1.165, 1.54) is 0 Å². The van der Waals surface area contributed by atoms with E-state index in [-0.39, 0.29) is 5.91 Å². The number of hydrogen-bond acceptors (Lipinski definition) is 3. The molecular weight excluding hydrogens is 362 g/mol. The van der Waals surface area contributed by atoms with Gasteiger partial charge in [-0.1, -0.05) is 48.5 Å². The predicted molar refractivity (Wildman–Crippen MR) is 115 cm³/mol. The SMILES string of the molecule is COc1ccccc1-c1cc(NC(=O)c2ccccc2C)n(-c2ccccc2)n1. The Hall–Kier alpha value is -3.86. The molecule has 0 saturated heterocycles. The molecule has 0 aliphatic carbocycles. The molecular formula is C24H21N3O2. The molecule has 5 heteroatoms. The van der Waals surface area contributed by atoms with Gasteiger partial charge in [-0.3, -0.25) is 4.79 Å². The first-order valence-electron chi connectivity index (χ1n) is 9.33. The Morgan fingerprint density at radius 2 is 1.62 bits per heavy atom. The third-order valence-electron chi connectivity index (χ3n) is 4.72. The largest absolute Gasteiger partial charge is 0.496 e. The van der Waals surface area contributed by atoms with E-state index >= 15 is 0 Å². The van der Waals surface area contributed by atoms with Crippen LogP contribution in [0.3, 0.4) is 0 Å². The molecule has 1 aromatic heterocycles. The normalized spacial score (nSPS) is 10.6. The summed E-state index contributed by atoms with van der Waals surface area (Å²) in [7, 11) is 1.63. The maximum Gasteiger partial charge on any atom is 0.257 e. The molecule has 144 valence electrons. The molecule has 0 spiro atoms. The summed E-state index contributed by atoms with van der Waals surface area (Å²) in [6.07, 6.45) is 0. The fourth-order valence-electron chi connectivity index (χ4n) is 3.24. The molecule has 0 aliphatic rings. The van der Waals surface area contributed by atoms with E-state index in [0.717, 1.165) is 22.6 Å². The monoisotopic (exact) mass is 383 g/mol. The second-order valence-electron chi connectivity index (χ2n) is 6.63. The van der Waals surface area contributed by atoms with Gasteiger partial charge in [0.15, 0.2) is 0 Å². The Morgan fingerprint density at radius 3 is 2.38 bits per heavy atom. The first-order valence-corrected chi connectivity index (χ1v) is 9.33. The fraction of sp³-hybridized carbons (Fsp3) is 0.0833. The highest BCUT2D eigenvalue weighted by Gasteiger charge is 2.17. The van der Waals surface area contributed by atoms with Gasteiger partial charge in [0.25, 0.3) is 5.91 Å². The number of methoxy groups -OCH3 is 1. The number of rotatable bonds is 5. The smallest absolute Gasteiger partial charge is 0.257 e. The molecule has 3 aromatic carbocycles. The number of aromatic nitrogens is 2. The molecule has 1 amide bonds. The number of para-hydroxylation sites is 2. The zero-order valence-corrected chi connectivity index (χ0v) is 16.3. The number of ether oxygens (including phenoxy) is 1. The van der Waals surface area contributed by atoms with E-state index in [2.05, 4.69) is 5.32 Å². The molecule has 0 aliphatic heterocycles.